The van der Waals surface area contributed by atoms with Crippen molar-refractivity contribution in [2.24, 2.45) is 11.8 Å². The fraction of sp³-hybridized carbons (Fsp3) is 0.786. The van der Waals surface area contributed by atoms with Crippen molar-refractivity contribution in [2.45, 2.75) is 46.1 Å². The molecule has 0 aromatic carbocycles. The molecule has 1 unspecified atom stereocenters. The molecule has 0 saturated carbocycles. The second kappa shape index (κ2) is 6.24. The molecule has 0 spiro atoms. The van der Waals surface area contributed by atoms with Gasteiger partial charge < -0.3 is 15.3 Å². The van der Waals surface area contributed by atoms with Gasteiger partial charge in [0.1, 0.15) is 5.54 Å². The van der Waals surface area contributed by atoms with Gasteiger partial charge in [0, 0.05) is 19.0 Å². The molecular weight excluding hydrogens is 260 g/mol. The lowest BCUT2D eigenvalue weighted by atomic mass is 9.94. The maximum absolute atomic E-state index is 12.1. The topological polar surface area (TPSA) is 86.7 Å². The molecule has 1 rings (SSSR count). The smallest absolute Gasteiger partial charge is 0.328 e. The van der Waals surface area contributed by atoms with Crippen molar-refractivity contribution in [3.05, 3.63) is 0 Å². The molecule has 2 amide bonds. The van der Waals surface area contributed by atoms with Gasteiger partial charge >= 0.3 is 5.97 Å². The Morgan fingerprint density at radius 1 is 1.30 bits per heavy atom. The maximum Gasteiger partial charge on any atom is 0.328 e. The van der Waals surface area contributed by atoms with E-state index in [0.29, 0.717) is 19.5 Å². The lowest BCUT2D eigenvalue weighted by Crippen LogP contribution is -2.54. The minimum absolute atomic E-state index is 0.0417. The lowest BCUT2D eigenvalue weighted by Gasteiger charge is -2.34. The predicted octanol–water partition coefficient (Wildman–Crippen LogP) is 0.860. The molecule has 1 atom stereocenters. The highest BCUT2D eigenvalue weighted by molar-refractivity contribution is 5.88. The zero-order chi connectivity index (χ0) is 15.5. The first-order valence-electron chi connectivity index (χ1n) is 6.99. The fourth-order valence-electron chi connectivity index (χ4n) is 2.22. The van der Waals surface area contributed by atoms with E-state index >= 15 is 0 Å². The van der Waals surface area contributed by atoms with Crippen LogP contribution in [0.4, 0.5) is 0 Å². The Hall–Kier alpha value is -1.59. The third kappa shape index (κ3) is 3.95. The Kier molecular flexibility index (Phi) is 5.14. The molecule has 1 saturated heterocycles. The monoisotopic (exact) mass is 284 g/mol. The number of carbonyl (C=O) groups excluding carboxylic acids is 2. The number of hydrogen-bond donors (Lipinski definition) is 2. The molecule has 20 heavy (non-hydrogen) atoms. The summed E-state index contributed by atoms with van der Waals surface area (Å²) in [7, 11) is 0. The SMILES string of the molecule is CC(C)C(=O)N1CCCC(C(=O)NC(C)(C)C(=O)O)C1. The van der Waals surface area contributed by atoms with E-state index in [1.165, 1.54) is 13.8 Å². The molecule has 0 aliphatic carbocycles. The summed E-state index contributed by atoms with van der Waals surface area (Å²) in [4.78, 5) is 36.8. The van der Waals surface area contributed by atoms with Gasteiger partial charge in [0.15, 0.2) is 0 Å². The van der Waals surface area contributed by atoms with Crippen molar-refractivity contribution in [3.63, 3.8) is 0 Å². The van der Waals surface area contributed by atoms with E-state index in [1.54, 1.807) is 4.90 Å². The number of aliphatic carboxylic acids is 1. The van der Waals surface area contributed by atoms with E-state index in [9.17, 15) is 14.4 Å². The van der Waals surface area contributed by atoms with E-state index in [-0.39, 0.29) is 23.7 Å². The van der Waals surface area contributed by atoms with Crippen LogP contribution in [0.25, 0.3) is 0 Å². The second-order valence-corrected chi connectivity index (χ2v) is 6.20. The average Bonchev–Trinajstić information content (AvgIpc) is 2.37. The van der Waals surface area contributed by atoms with Gasteiger partial charge in [0.25, 0.3) is 0 Å². The summed E-state index contributed by atoms with van der Waals surface area (Å²) >= 11 is 0. The van der Waals surface area contributed by atoms with Gasteiger partial charge in [-0.2, -0.15) is 0 Å². The van der Waals surface area contributed by atoms with Gasteiger partial charge in [-0.05, 0) is 26.7 Å². The summed E-state index contributed by atoms with van der Waals surface area (Å²) < 4.78 is 0. The maximum atomic E-state index is 12.1. The lowest BCUT2D eigenvalue weighted by molar-refractivity contribution is -0.148. The molecule has 1 aliphatic heterocycles. The van der Waals surface area contributed by atoms with E-state index in [4.69, 9.17) is 5.11 Å². The van der Waals surface area contributed by atoms with Crippen LogP contribution in [-0.2, 0) is 14.4 Å². The molecule has 1 heterocycles. The van der Waals surface area contributed by atoms with Crippen LogP contribution in [-0.4, -0.2) is 46.4 Å². The van der Waals surface area contributed by atoms with Gasteiger partial charge in [0.05, 0.1) is 5.92 Å². The summed E-state index contributed by atoms with van der Waals surface area (Å²) in [6.07, 6.45) is 1.45. The number of hydrogen-bond acceptors (Lipinski definition) is 3. The number of carboxylic acids is 1. The second-order valence-electron chi connectivity index (χ2n) is 6.20. The number of piperidine rings is 1. The van der Waals surface area contributed by atoms with Gasteiger partial charge in [-0.25, -0.2) is 4.79 Å². The summed E-state index contributed by atoms with van der Waals surface area (Å²) in [6.45, 7) is 7.61. The Labute approximate surface area is 119 Å². The van der Waals surface area contributed by atoms with Gasteiger partial charge in [-0.15, -0.1) is 0 Å². The predicted molar refractivity (Wildman–Crippen MR) is 74.0 cm³/mol. The zero-order valence-corrected chi connectivity index (χ0v) is 12.6. The van der Waals surface area contributed by atoms with Crippen LogP contribution in [0.5, 0.6) is 0 Å². The van der Waals surface area contributed by atoms with Gasteiger partial charge in [0.2, 0.25) is 11.8 Å². The molecule has 0 radical (unpaired) electrons. The number of carboxylic acid groups (broad SMARTS) is 1. The highest BCUT2D eigenvalue weighted by Gasteiger charge is 2.34. The molecule has 114 valence electrons. The first-order valence-corrected chi connectivity index (χ1v) is 6.99. The zero-order valence-electron chi connectivity index (χ0n) is 12.6. The van der Waals surface area contributed by atoms with E-state index in [1.807, 2.05) is 13.8 Å². The number of rotatable bonds is 4. The quantitative estimate of drug-likeness (QED) is 0.801. The van der Waals surface area contributed by atoms with Gasteiger partial charge in [-0.3, -0.25) is 9.59 Å². The van der Waals surface area contributed by atoms with Crippen molar-refractivity contribution in [2.75, 3.05) is 13.1 Å². The first kappa shape index (κ1) is 16.5. The highest BCUT2D eigenvalue weighted by atomic mass is 16.4. The van der Waals surface area contributed by atoms with Crippen LogP contribution < -0.4 is 5.32 Å². The Balaban J connectivity index is 2.66. The Bertz CT molecular complexity index is 404. The summed E-state index contributed by atoms with van der Waals surface area (Å²) in [5.41, 5.74) is -1.29. The number of likely N-dealkylation sites (tertiary alicyclic amines) is 1. The van der Waals surface area contributed by atoms with Crippen molar-refractivity contribution in [1.82, 2.24) is 10.2 Å². The Morgan fingerprint density at radius 3 is 2.40 bits per heavy atom. The molecule has 6 heteroatoms. The molecule has 0 bridgehead atoms. The average molecular weight is 284 g/mol. The van der Waals surface area contributed by atoms with E-state index < -0.39 is 11.5 Å². The number of amides is 2. The van der Waals surface area contributed by atoms with Crippen LogP contribution >= 0.6 is 0 Å². The van der Waals surface area contributed by atoms with Crippen molar-refractivity contribution in [3.8, 4) is 0 Å². The third-order valence-electron chi connectivity index (χ3n) is 3.57. The number of nitrogens with zero attached hydrogens (tertiary/aromatic N) is 1. The normalized spacial score (nSPS) is 19.9. The fourth-order valence-corrected chi connectivity index (χ4v) is 2.22. The minimum Gasteiger partial charge on any atom is -0.480 e. The third-order valence-corrected chi connectivity index (χ3v) is 3.57. The molecular formula is C14H24N2O4. The summed E-state index contributed by atoms with van der Waals surface area (Å²) in [5, 5.41) is 11.6. The van der Waals surface area contributed by atoms with Crippen LogP contribution in [0.1, 0.15) is 40.5 Å². The molecule has 6 nitrogen and oxygen atoms in total. The van der Waals surface area contributed by atoms with Crippen LogP contribution in [0.15, 0.2) is 0 Å². The Morgan fingerprint density at radius 2 is 1.90 bits per heavy atom. The summed E-state index contributed by atoms with van der Waals surface area (Å²) in [6, 6.07) is 0. The highest BCUT2D eigenvalue weighted by Crippen LogP contribution is 2.19. The van der Waals surface area contributed by atoms with Crippen molar-refractivity contribution >= 4 is 17.8 Å². The van der Waals surface area contributed by atoms with E-state index in [0.717, 1.165) is 6.42 Å². The minimum atomic E-state index is -1.29. The molecule has 1 aliphatic rings. The van der Waals surface area contributed by atoms with Crippen LogP contribution in [0, 0.1) is 11.8 Å². The van der Waals surface area contributed by atoms with E-state index in [2.05, 4.69) is 5.32 Å². The van der Waals surface area contributed by atoms with Crippen molar-refractivity contribution in [1.29, 1.82) is 0 Å². The summed E-state index contributed by atoms with van der Waals surface area (Å²) in [5.74, 6) is -1.74. The molecule has 0 aromatic rings. The number of nitrogens with one attached hydrogen (secondary N) is 1. The molecule has 2 N–H and O–H groups in total. The molecule has 1 fully saturated rings. The largest absolute Gasteiger partial charge is 0.480 e. The van der Waals surface area contributed by atoms with Crippen LogP contribution in [0.3, 0.4) is 0 Å². The molecule has 0 aromatic heterocycles. The van der Waals surface area contributed by atoms with Crippen LogP contribution in [0.2, 0.25) is 0 Å². The number of carbonyl (C=O) groups is 3. The standard InChI is InChI=1S/C14H24N2O4/c1-9(2)12(18)16-7-5-6-10(8-16)11(17)15-14(3,4)13(19)20/h9-10H,5-8H2,1-4H3,(H,15,17)(H,19,20). The van der Waals surface area contributed by atoms with Crippen molar-refractivity contribution < 1.29 is 19.5 Å². The first-order chi connectivity index (χ1) is 9.15. The van der Waals surface area contributed by atoms with Gasteiger partial charge in [-0.1, -0.05) is 13.8 Å².